The molecule has 2 aromatic carbocycles. The van der Waals surface area contributed by atoms with Crippen molar-refractivity contribution in [2.24, 2.45) is 0 Å². The SMILES string of the molecule is COc1ccc2c(c1)OC(=O)C[C@H]2c1ccc(O)cc1. The van der Waals surface area contributed by atoms with E-state index in [1.165, 1.54) is 0 Å². The van der Waals surface area contributed by atoms with E-state index in [0.717, 1.165) is 11.1 Å². The highest BCUT2D eigenvalue weighted by molar-refractivity contribution is 5.78. The fourth-order valence-corrected chi connectivity index (χ4v) is 2.46. The first-order chi connectivity index (χ1) is 9.67. The van der Waals surface area contributed by atoms with Crippen LogP contribution in [0.3, 0.4) is 0 Å². The number of fused-ring (bicyclic) bond motifs is 1. The molecule has 1 aliphatic rings. The van der Waals surface area contributed by atoms with Gasteiger partial charge in [0, 0.05) is 17.5 Å². The summed E-state index contributed by atoms with van der Waals surface area (Å²) in [6, 6.07) is 12.4. The third-order valence-electron chi connectivity index (χ3n) is 3.49. The van der Waals surface area contributed by atoms with Crippen molar-refractivity contribution in [3.8, 4) is 17.2 Å². The van der Waals surface area contributed by atoms with Gasteiger partial charge in [-0.05, 0) is 23.8 Å². The smallest absolute Gasteiger partial charge is 0.312 e. The molecule has 2 aromatic rings. The van der Waals surface area contributed by atoms with Crippen LogP contribution in [0.15, 0.2) is 42.5 Å². The molecule has 20 heavy (non-hydrogen) atoms. The van der Waals surface area contributed by atoms with Gasteiger partial charge in [-0.15, -0.1) is 0 Å². The minimum atomic E-state index is -0.260. The molecule has 4 nitrogen and oxygen atoms in total. The molecule has 102 valence electrons. The molecule has 1 aliphatic heterocycles. The van der Waals surface area contributed by atoms with Crippen LogP contribution < -0.4 is 9.47 Å². The van der Waals surface area contributed by atoms with E-state index in [0.29, 0.717) is 17.9 Å². The lowest BCUT2D eigenvalue weighted by Crippen LogP contribution is -2.20. The van der Waals surface area contributed by atoms with E-state index in [2.05, 4.69) is 0 Å². The summed E-state index contributed by atoms with van der Waals surface area (Å²) >= 11 is 0. The van der Waals surface area contributed by atoms with E-state index in [1.54, 1.807) is 25.3 Å². The molecule has 0 fully saturated rings. The fraction of sp³-hybridized carbons (Fsp3) is 0.188. The molecule has 0 saturated carbocycles. The zero-order valence-electron chi connectivity index (χ0n) is 11.0. The van der Waals surface area contributed by atoms with Crippen LogP contribution in [0.2, 0.25) is 0 Å². The molecule has 0 unspecified atom stereocenters. The summed E-state index contributed by atoms with van der Waals surface area (Å²) in [5.74, 6) is 1.09. The van der Waals surface area contributed by atoms with Gasteiger partial charge in [0.05, 0.1) is 13.5 Å². The van der Waals surface area contributed by atoms with Crippen LogP contribution in [0.1, 0.15) is 23.5 Å². The minimum absolute atomic E-state index is 0.0576. The van der Waals surface area contributed by atoms with Crippen molar-refractivity contribution in [2.75, 3.05) is 7.11 Å². The lowest BCUT2D eigenvalue weighted by Gasteiger charge is -2.25. The molecule has 0 aliphatic carbocycles. The lowest BCUT2D eigenvalue weighted by molar-refractivity contribution is -0.135. The molecule has 1 N–H and O–H groups in total. The van der Waals surface area contributed by atoms with E-state index in [-0.39, 0.29) is 17.6 Å². The van der Waals surface area contributed by atoms with Crippen molar-refractivity contribution < 1.29 is 19.4 Å². The Bertz CT molecular complexity index is 646. The van der Waals surface area contributed by atoms with Crippen molar-refractivity contribution in [3.63, 3.8) is 0 Å². The molecule has 4 heteroatoms. The molecule has 1 atom stereocenters. The third kappa shape index (κ3) is 2.20. The summed E-state index contributed by atoms with van der Waals surface area (Å²) in [6.45, 7) is 0. The van der Waals surface area contributed by atoms with Gasteiger partial charge in [-0.2, -0.15) is 0 Å². The first kappa shape index (κ1) is 12.5. The number of phenolic OH excluding ortho intramolecular Hbond substituents is 1. The Morgan fingerprint density at radius 3 is 2.65 bits per heavy atom. The van der Waals surface area contributed by atoms with Gasteiger partial charge >= 0.3 is 5.97 Å². The lowest BCUT2D eigenvalue weighted by atomic mass is 9.86. The van der Waals surface area contributed by atoms with Crippen molar-refractivity contribution in [1.82, 2.24) is 0 Å². The van der Waals surface area contributed by atoms with Crippen LogP contribution >= 0.6 is 0 Å². The van der Waals surface area contributed by atoms with E-state index < -0.39 is 0 Å². The summed E-state index contributed by atoms with van der Waals surface area (Å²) in [5, 5.41) is 9.36. The first-order valence-corrected chi connectivity index (χ1v) is 6.35. The Morgan fingerprint density at radius 1 is 1.20 bits per heavy atom. The van der Waals surface area contributed by atoms with Crippen LogP contribution in [0, 0.1) is 0 Å². The van der Waals surface area contributed by atoms with E-state index in [4.69, 9.17) is 9.47 Å². The maximum Gasteiger partial charge on any atom is 0.312 e. The highest BCUT2D eigenvalue weighted by Gasteiger charge is 2.28. The van der Waals surface area contributed by atoms with Gasteiger partial charge in [-0.3, -0.25) is 4.79 Å². The second-order valence-electron chi connectivity index (χ2n) is 4.73. The van der Waals surface area contributed by atoms with Crippen LogP contribution in [0.25, 0.3) is 0 Å². The van der Waals surface area contributed by atoms with Crippen LogP contribution in [-0.2, 0) is 4.79 Å². The largest absolute Gasteiger partial charge is 0.508 e. The van der Waals surface area contributed by atoms with Crippen LogP contribution in [0.4, 0.5) is 0 Å². The fourth-order valence-electron chi connectivity index (χ4n) is 2.46. The average molecular weight is 270 g/mol. The Kier molecular flexibility index (Phi) is 3.06. The summed E-state index contributed by atoms with van der Waals surface area (Å²) in [4.78, 5) is 11.8. The minimum Gasteiger partial charge on any atom is -0.508 e. The number of aromatic hydroxyl groups is 1. The summed E-state index contributed by atoms with van der Waals surface area (Å²) in [6.07, 6.45) is 0.296. The van der Waals surface area contributed by atoms with Gasteiger partial charge in [0.15, 0.2) is 0 Å². The predicted molar refractivity (Wildman–Crippen MR) is 73.2 cm³/mol. The molecule has 1 heterocycles. The number of phenols is 1. The number of methoxy groups -OCH3 is 1. The number of benzene rings is 2. The van der Waals surface area contributed by atoms with Crippen molar-refractivity contribution in [2.45, 2.75) is 12.3 Å². The van der Waals surface area contributed by atoms with Gasteiger partial charge < -0.3 is 14.6 Å². The Hall–Kier alpha value is -2.49. The van der Waals surface area contributed by atoms with Gasteiger partial charge in [-0.25, -0.2) is 0 Å². The van der Waals surface area contributed by atoms with Gasteiger partial charge in [0.1, 0.15) is 17.2 Å². The third-order valence-corrected chi connectivity index (χ3v) is 3.49. The monoisotopic (exact) mass is 270 g/mol. The Morgan fingerprint density at radius 2 is 1.95 bits per heavy atom. The molecular weight excluding hydrogens is 256 g/mol. The highest BCUT2D eigenvalue weighted by Crippen LogP contribution is 2.40. The second kappa shape index (κ2) is 4.89. The topological polar surface area (TPSA) is 55.8 Å². The van der Waals surface area contributed by atoms with Crippen LogP contribution in [-0.4, -0.2) is 18.2 Å². The molecule has 0 aromatic heterocycles. The van der Waals surface area contributed by atoms with E-state index >= 15 is 0 Å². The summed E-state index contributed by atoms with van der Waals surface area (Å²) < 4.78 is 10.4. The molecule has 0 bridgehead atoms. The highest BCUT2D eigenvalue weighted by atomic mass is 16.5. The second-order valence-corrected chi connectivity index (χ2v) is 4.73. The molecule has 0 radical (unpaired) electrons. The molecule has 0 saturated heterocycles. The molecular formula is C16H14O4. The van der Waals surface area contributed by atoms with Crippen molar-refractivity contribution >= 4 is 5.97 Å². The normalized spacial score (nSPS) is 17.2. The van der Waals surface area contributed by atoms with Crippen molar-refractivity contribution in [1.29, 1.82) is 0 Å². The maximum atomic E-state index is 11.8. The molecule has 0 amide bonds. The molecule has 0 spiro atoms. The van der Waals surface area contributed by atoms with E-state index in [9.17, 15) is 9.90 Å². The first-order valence-electron chi connectivity index (χ1n) is 6.35. The standard InChI is InChI=1S/C16H14O4/c1-19-12-6-7-13-14(9-16(18)20-15(13)8-12)10-2-4-11(17)5-3-10/h2-8,14,17H,9H2,1H3/t14-/m0/s1. The predicted octanol–water partition coefficient (Wildman–Crippen LogP) is 2.84. The summed E-state index contributed by atoms with van der Waals surface area (Å²) in [5.41, 5.74) is 1.93. The Labute approximate surface area is 116 Å². The number of hydrogen-bond acceptors (Lipinski definition) is 4. The van der Waals surface area contributed by atoms with Crippen molar-refractivity contribution in [3.05, 3.63) is 53.6 Å². The number of carbonyl (C=O) groups is 1. The van der Waals surface area contributed by atoms with Gasteiger partial charge in [0.2, 0.25) is 0 Å². The zero-order chi connectivity index (χ0) is 14.1. The number of rotatable bonds is 2. The number of esters is 1. The number of ether oxygens (including phenoxy) is 2. The number of hydrogen-bond donors (Lipinski definition) is 1. The van der Waals surface area contributed by atoms with Gasteiger partial charge in [0.25, 0.3) is 0 Å². The quantitative estimate of drug-likeness (QED) is 0.673. The maximum absolute atomic E-state index is 11.8. The van der Waals surface area contributed by atoms with E-state index in [1.807, 2.05) is 24.3 Å². The van der Waals surface area contributed by atoms with Gasteiger partial charge in [-0.1, -0.05) is 18.2 Å². The number of carbonyl (C=O) groups excluding carboxylic acids is 1. The molecule has 3 rings (SSSR count). The Balaban J connectivity index is 2.05. The average Bonchev–Trinajstić information content (AvgIpc) is 2.46. The van der Waals surface area contributed by atoms with Crippen LogP contribution in [0.5, 0.6) is 17.2 Å². The summed E-state index contributed by atoms with van der Waals surface area (Å²) in [7, 11) is 1.57. The zero-order valence-corrected chi connectivity index (χ0v) is 11.0.